The van der Waals surface area contributed by atoms with Crippen molar-refractivity contribution in [3.63, 3.8) is 0 Å². The Morgan fingerprint density at radius 3 is 2.42 bits per heavy atom. The van der Waals surface area contributed by atoms with Gasteiger partial charge in [-0.25, -0.2) is 4.79 Å². The van der Waals surface area contributed by atoms with E-state index in [9.17, 15) is 14.4 Å². The van der Waals surface area contributed by atoms with Crippen LogP contribution in [0.25, 0.3) is 0 Å². The number of esters is 1. The first-order chi connectivity index (χ1) is 12.1. The molecular weight excluding hydrogens is 404 g/mol. The number of nitrogens with two attached hydrogens (primary N) is 1. The monoisotopic (exact) mass is 428 g/mol. The minimum Gasteiger partial charge on any atom is -0.465 e. The van der Waals surface area contributed by atoms with Gasteiger partial charge in [-0.05, 0) is 48.5 Å². The zero-order chi connectivity index (χ0) is 19.6. The molecule has 2 N–H and O–H groups in total. The standard InChI is InChI=1S/C18H25BrN2O5/c1-9(2)15(17(23)21-7-5-6-12(8-21)16(20)22)26-18(24)13-10(3)25-11(4)14(13)19/h9,12,15H,5-8H2,1-4H3,(H2,20,22)/t12-,15+/m0/s1. The summed E-state index contributed by atoms with van der Waals surface area (Å²) in [6, 6.07) is 0. The van der Waals surface area contributed by atoms with Crippen molar-refractivity contribution in [1.29, 1.82) is 0 Å². The quantitative estimate of drug-likeness (QED) is 0.725. The summed E-state index contributed by atoms with van der Waals surface area (Å²) in [5.74, 6) is -0.885. The molecule has 2 heterocycles. The number of amides is 2. The van der Waals surface area contributed by atoms with E-state index >= 15 is 0 Å². The summed E-state index contributed by atoms with van der Waals surface area (Å²) in [5.41, 5.74) is 5.67. The van der Waals surface area contributed by atoms with E-state index in [4.69, 9.17) is 14.9 Å². The number of hydrogen-bond donors (Lipinski definition) is 1. The van der Waals surface area contributed by atoms with Gasteiger partial charge in [0, 0.05) is 13.1 Å². The molecule has 1 aliphatic rings. The molecule has 1 aromatic heterocycles. The smallest absolute Gasteiger partial charge is 0.343 e. The number of rotatable bonds is 5. The first-order valence-corrected chi connectivity index (χ1v) is 9.47. The molecule has 144 valence electrons. The number of furan rings is 1. The summed E-state index contributed by atoms with van der Waals surface area (Å²) < 4.78 is 11.5. The van der Waals surface area contributed by atoms with E-state index in [2.05, 4.69) is 15.9 Å². The zero-order valence-electron chi connectivity index (χ0n) is 15.5. The maximum atomic E-state index is 12.9. The van der Waals surface area contributed by atoms with E-state index in [1.807, 2.05) is 13.8 Å². The lowest BCUT2D eigenvalue weighted by molar-refractivity contribution is -0.145. The summed E-state index contributed by atoms with van der Waals surface area (Å²) in [6.07, 6.45) is 0.436. The van der Waals surface area contributed by atoms with Gasteiger partial charge in [0.25, 0.3) is 5.91 Å². The van der Waals surface area contributed by atoms with Gasteiger partial charge in [-0.1, -0.05) is 13.8 Å². The SMILES string of the molecule is Cc1oc(C)c(C(=O)O[C@@H](C(=O)N2CCC[C@H](C(N)=O)C2)C(C)C)c1Br. The van der Waals surface area contributed by atoms with Gasteiger partial charge in [0.15, 0.2) is 6.10 Å². The molecule has 7 nitrogen and oxygen atoms in total. The fourth-order valence-electron chi connectivity index (χ4n) is 3.12. The number of nitrogens with zero attached hydrogens (tertiary/aromatic N) is 1. The number of hydrogen-bond acceptors (Lipinski definition) is 5. The van der Waals surface area contributed by atoms with Crippen molar-refractivity contribution in [2.24, 2.45) is 17.6 Å². The van der Waals surface area contributed by atoms with Crippen LogP contribution in [0.5, 0.6) is 0 Å². The van der Waals surface area contributed by atoms with E-state index in [1.165, 1.54) is 0 Å². The Labute approximate surface area is 161 Å². The maximum Gasteiger partial charge on any atom is 0.343 e. The lowest BCUT2D eigenvalue weighted by Gasteiger charge is -2.34. The Morgan fingerprint density at radius 1 is 1.27 bits per heavy atom. The van der Waals surface area contributed by atoms with Crippen molar-refractivity contribution in [1.82, 2.24) is 4.90 Å². The fraction of sp³-hybridized carbons (Fsp3) is 0.611. The van der Waals surface area contributed by atoms with Crippen LogP contribution in [-0.2, 0) is 14.3 Å². The molecule has 26 heavy (non-hydrogen) atoms. The largest absolute Gasteiger partial charge is 0.465 e. The summed E-state index contributed by atoms with van der Waals surface area (Å²) >= 11 is 3.32. The van der Waals surface area contributed by atoms with Gasteiger partial charge in [-0.15, -0.1) is 0 Å². The Balaban J connectivity index is 2.16. The summed E-state index contributed by atoms with van der Waals surface area (Å²) in [7, 11) is 0. The molecule has 0 unspecified atom stereocenters. The highest BCUT2D eigenvalue weighted by Crippen LogP contribution is 2.29. The molecule has 0 aliphatic carbocycles. The molecular formula is C18H25BrN2O5. The molecule has 8 heteroatoms. The molecule has 2 amide bonds. The van der Waals surface area contributed by atoms with Crippen molar-refractivity contribution in [3.05, 3.63) is 21.6 Å². The molecule has 1 saturated heterocycles. The van der Waals surface area contributed by atoms with Crippen LogP contribution in [0.3, 0.4) is 0 Å². The molecule has 0 bridgehead atoms. The Morgan fingerprint density at radius 2 is 1.92 bits per heavy atom. The van der Waals surface area contributed by atoms with E-state index in [0.29, 0.717) is 35.4 Å². The van der Waals surface area contributed by atoms with Crippen molar-refractivity contribution in [2.75, 3.05) is 13.1 Å². The molecule has 0 aromatic carbocycles. The summed E-state index contributed by atoms with van der Waals surface area (Å²) in [5, 5.41) is 0. The molecule has 1 fully saturated rings. The predicted octanol–water partition coefficient (Wildman–Crippen LogP) is 2.56. The molecule has 0 spiro atoms. The number of carbonyl (C=O) groups excluding carboxylic acids is 3. The van der Waals surface area contributed by atoms with Gasteiger partial charge in [-0.3, -0.25) is 9.59 Å². The van der Waals surface area contributed by atoms with Crippen molar-refractivity contribution in [3.8, 4) is 0 Å². The van der Waals surface area contributed by atoms with Crippen LogP contribution in [0, 0.1) is 25.7 Å². The molecule has 2 rings (SSSR count). The third-order valence-electron chi connectivity index (χ3n) is 4.61. The number of piperidine rings is 1. The third kappa shape index (κ3) is 4.28. The highest BCUT2D eigenvalue weighted by Gasteiger charge is 2.35. The Hall–Kier alpha value is -1.83. The first kappa shape index (κ1) is 20.5. The number of carbonyl (C=O) groups is 3. The molecule has 1 aromatic rings. The number of aryl methyl sites for hydroxylation is 2. The molecule has 0 saturated carbocycles. The van der Waals surface area contributed by atoms with Crippen LogP contribution in [0.2, 0.25) is 0 Å². The number of primary amides is 1. The third-order valence-corrected chi connectivity index (χ3v) is 5.56. The lowest BCUT2D eigenvalue weighted by atomic mass is 9.96. The highest BCUT2D eigenvalue weighted by molar-refractivity contribution is 9.10. The topological polar surface area (TPSA) is 103 Å². The van der Waals surface area contributed by atoms with Crippen LogP contribution in [0.4, 0.5) is 0 Å². The fourth-order valence-corrected chi connectivity index (χ4v) is 3.65. The second-order valence-electron chi connectivity index (χ2n) is 7.00. The average Bonchev–Trinajstić information content (AvgIpc) is 2.84. The number of ether oxygens (including phenoxy) is 1. The minimum absolute atomic E-state index is 0.215. The zero-order valence-corrected chi connectivity index (χ0v) is 17.1. The van der Waals surface area contributed by atoms with E-state index in [1.54, 1.807) is 18.7 Å². The van der Waals surface area contributed by atoms with Gasteiger partial charge in [0.05, 0.1) is 10.4 Å². The predicted molar refractivity (Wildman–Crippen MR) is 98.4 cm³/mol. The van der Waals surface area contributed by atoms with E-state index < -0.39 is 18.0 Å². The van der Waals surface area contributed by atoms with Gasteiger partial charge in [0.1, 0.15) is 17.1 Å². The molecule has 2 atom stereocenters. The Kier molecular flexibility index (Phi) is 6.49. The first-order valence-electron chi connectivity index (χ1n) is 8.68. The van der Waals surface area contributed by atoms with Crippen LogP contribution < -0.4 is 5.73 Å². The van der Waals surface area contributed by atoms with Crippen LogP contribution in [0.15, 0.2) is 8.89 Å². The summed E-state index contributed by atoms with van der Waals surface area (Å²) in [6.45, 7) is 7.82. The second kappa shape index (κ2) is 8.24. The van der Waals surface area contributed by atoms with Crippen LogP contribution in [-0.4, -0.2) is 41.9 Å². The van der Waals surface area contributed by atoms with Gasteiger partial charge >= 0.3 is 5.97 Å². The van der Waals surface area contributed by atoms with Crippen LogP contribution >= 0.6 is 15.9 Å². The second-order valence-corrected chi connectivity index (χ2v) is 7.79. The Bertz CT molecular complexity index is 713. The van der Waals surface area contributed by atoms with Gasteiger partial charge < -0.3 is 19.8 Å². The maximum absolute atomic E-state index is 12.9. The van der Waals surface area contributed by atoms with Gasteiger partial charge in [-0.2, -0.15) is 0 Å². The van der Waals surface area contributed by atoms with Crippen molar-refractivity contribution in [2.45, 2.75) is 46.6 Å². The van der Waals surface area contributed by atoms with E-state index in [0.717, 1.165) is 0 Å². The highest BCUT2D eigenvalue weighted by atomic mass is 79.9. The summed E-state index contributed by atoms with van der Waals surface area (Å²) in [4.78, 5) is 38.5. The van der Waals surface area contributed by atoms with Gasteiger partial charge in [0.2, 0.25) is 5.91 Å². The van der Waals surface area contributed by atoms with Crippen LogP contribution in [0.1, 0.15) is 48.6 Å². The number of halogens is 1. The lowest BCUT2D eigenvalue weighted by Crippen LogP contribution is -2.50. The minimum atomic E-state index is -0.935. The van der Waals surface area contributed by atoms with Crippen molar-refractivity contribution < 1.29 is 23.5 Å². The van der Waals surface area contributed by atoms with E-state index in [-0.39, 0.29) is 29.9 Å². The normalized spacial score (nSPS) is 18.7. The average molecular weight is 429 g/mol. The number of likely N-dealkylation sites (tertiary alicyclic amines) is 1. The van der Waals surface area contributed by atoms with Crippen molar-refractivity contribution >= 4 is 33.7 Å². The molecule has 0 radical (unpaired) electrons. The molecule has 1 aliphatic heterocycles.